The van der Waals surface area contributed by atoms with Gasteiger partial charge in [-0.15, -0.1) is 11.3 Å². The summed E-state index contributed by atoms with van der Waals surface area (Å²) in [5.74, 6) is 1.67. The van der Waals surface area contributed by atoms with E-state index in [9.17, 15) is 4.79 Å². The molecule has 1 saturated heterocycles. The summed E-state index contributed by atoms with van der Waals surface area (Å²) in [7, 11) is 2.14. The van der Waals surface area contributed by atoms with Gasteiger partial charge in [0.2, 0.25) is 0 Å². The minimum Gasteiger partial charge on any atom is -0.464 e. The quantitative estimate of drug-likeness (QED) is 0.710. The molecule has 5 nitrogen and oxygen atoms in total. The molecule has 25 heavy (non-hydrogen) atoms. The fourth-order valence-corrected chi connectivity index (χ4v) is 4.62. The maximum atomic E-state index is 13.5. The first-order valence-electron chi connectivity index (χ1n) is 8.94. The molecule has 3 aromatic rings. The van der Waals surface area contributed by atoms with Crippen LogP contribution in [0.3, 0.4) is 0 Å². The van der Waals surface area contributed by atoms with Crippen molar-refractivity contribution in [3.63, 3.8) is 0 Å². The number of thiophene rings is 1. The van der Waals surface area contributed by atoms with Gasteiger partial charge in [-0.05, 0) is 51.5 Å². The number of hydrogen-bond donors (Lipinski definition) is 0. The fourth-order valence-electron chi connectivity index (χ4n) is 3.69. The van der Waals surface area contributed by atoms with Crippen LogP contribution in [0.2, 0.25) is 0 Å². The molecule has 0 radical (unpaired) electrons. The van der Waals surface area contributed by atoms with E-state index in [1.54, 1.807) is 6.26 Å². The molecule has 0 aliphatic carbocycles. The Balaban J connectivity index is 1.90. The van der Waals surface area contributed by atoms with Crippen molar-refractivity contribution in [1.82, 2.24) is 14.5 Å². The number of furan rings is 1. The van der Waals surface area contributed by atoms with Crippen LogP contribution in [-0.4, -0.2) is 34.6 Å². The fraction of sp³-hybridized carbons (Fsp3) is 0.474. The Labute approximate surface area is 150 Å². The summed E-state index contributed by atoms with van der Waals surface area (Å²) >= 11 is 1.53. The first-order valence-corrected chi connectivity index (χ1v) is 9.82. The zero-order valence-electron chi connectivity index (χ0n) is 14.7. The van der Waals surface area contributed by atoms with E-state index in [-0.39, 0.29) is 11.6 Å². The minimum atomic E-state index is 0.0932. The Morgan fingerprint density at radius 1 is 1.36 bits per heavy atom. The van der Waals surface area contributed by atoms with Crippen LogP contribution in [0.4, 0.5) is 0 Å². The van der Waals surface area contributed by atoms with Crippen LogP contribution >= 0.6 is 11.3 Å². The van der Waals surface area contributed by atoms with Crippen molar-refractivity contribution in [2.45, 2.75) is 38.6 Å². The summed E-state index contributed by atoms with van der Waals surface area (Å²) in [5.41, 5.74) is 0.961. The Bertz CT molecular complexity index is 918. The molecule has 0 aromatic carbocycles. The largest absolute Gasteiger partial charge is 0.464 e. The van der Waals surface area contributed by atoms with Crippen LogP contribution in [0, 0.1) is 0 Å². The summed E-state index contributed by atoms with van der Waals surface area (Å²) < 4.78 is 7.53. The molecular weight excluding hydrogens is 334 g/mol. The third-order valence-corrected chi connectivity index (χ3v) is 5.90. The number of nitrogens with zero attached hydrogens (tertiary/aromatic N) is 3. The lowest BCUT2D eigenvalue weighted by atomic mass is 10.0. The van der Waals surface area contributed by atoms with E-state index in [0.717, 1.165) is 60.8 Å². The molecule has 4 heterocycles. The second-order valence-corrected chi connectivity index (χ2v) is 7.65. The number of piperidine rings is 1. The third kappa shape index (κ3) is 2.93. The zero-order valence-corrected chi connectivity index (χ0v) is 15.5. The van der Waals surface area contributed by atoms with E-state index in [1.807, 2.05) is 22.1 Å². The molecule has 1 fully saturated rings. The molecule has 0 saturated carbocycles. The maximum Gasteiger partial charge on any atom is 0.263 e. The molecule has 0 unspecified atom stereocenters. The number of hydrogen-bond acceptors (Lipinski definition) is 5. The average molecular weight is 357 g/mol. The van der Waals surface area contributed by atoms with Gasteiger partial charge in [-0.1, -0.05) is 6.92 Å². The van der Waals surface area contributed by atoms with Gasteiger partial charge in [-0.2, -0.15) is 0 Å². The highest BCUT2D eigenvalue weighted by atomic mass is 32.1. The molecule has 0 bridgehead atoms. The highest BCUT2D eigenvalue weighted by Gasteiger charge is 2.25. The highest BCUT2D eigenvalue weighted by molar-refractivity contribution is 7.17. The lowest BCUT2D eigenvalue weighted by molar-refractivity contribution is 0.215. The van der Waals surface area contributed by atoms with E-state index in [0.29, 0.717) is 5.39 Å². The third-order valence-electron chi connectivity index (χ3n) is 5.03. The van der Waals surface area contributed by atoms with Gasteiger partial charge in [0.05, 0.1) is 11.6 Å². The molecule has 0 N–H and O–H groups in total. The second kappa shape index (κ2) is 6.77. The van der Waals surface area contributed by atoms with Crippen LogP contribution in [-0.2, 0) is 6.42 Å². The Morgan fingerprint density at radius 3 is 2.84 bits per heavy atom. The van der Waals surface area contributed by atoms with Gasteiger partial charge >= 0.3 is 0 Å². The van der Waals surface area contributed by atoms with Crippen LogP contribution < -0.4 is 5.56 Å². The summed E-state index contributed by atoms with van der Waals surface area (Å²) in [4.78, 5) is 21.5. The summed E-state index contributed by atoms with van der Waals surface area (Å²) in [6, 6.07) is 4.00. The van der Waals surface area contributed by atoms with Crippen molar-refractivity contribution >= 4 is 21.6 Å². The van der Waals surface area contributed by atoms with Crippen LogP contribution in [0.5, 0.6) is 0 Å². The van der Waals surface area contributed by atoms with Gasteiger partial charge in [-0.3, -0.25) is 9.36 Å². The maximum absolute atomic E-state index is 13.5. The molecule has 0 amide bonds. The molecule has 1 aliphatic rings. The molecule has 4 rings (SSSR count). The number of fused-ring (bicyclic) bond motifs is 1. The van der Waals surface area contributed by atoms with Gasteiger partial charge in [-0.25, -0.2) is 4.98 Å². The van der Waals surface area contributed by atoms with E-state index in [4.69, 9.17) is 9.40 Å². The van der Waals surface area contributed by atoms with E-state index in [2.05, 4.69) is 18.9 Å². The normalized spacial score (nSPS) is 16.7. The van der Waals surface area contributed by atoms with Crippen LogP contribution in [0.1, 0.15) is 38.1 Å². The summed E-state index contributed by atoms with van der Waals surface area (Å²) in [5, 5.41) is 2.70. The minimum absolute atomic E-state index is 0.0932. The monoisotopic (exact) mass is 357 g/mol. The van der Waals surface area contributed by atoms with Crippen molar-refractivity contribution in [3.8, 4) is 11.3 Å². The molecular formula is C19H23N3O2S. The molecule has 3 aromatic heterocycles. The summed E-state index contributed by atoms with van der Waals surface area (Å²) in [6.45, 7) is 4.18. The topological polar surface area (TPSA) is 51.3 Å². The summed E-state index contributed by atoms with van der Waals surface area (Å²) in [6.07, 6.45) is 5.47. The predicted octanol–water partition coefficient (Wildman–Crippen LogP) is 3.94. The first-order chi connectivity index (χ1) is 12.2. The van der Waals surface area contributed by atoms with Crippen molar-refractivity contribution in [1.29, 1.82) is 0 Å². The number of aryl methyl sites for hydroxylation is 1. The standard InChI is InChI=1S/C19H23N3O2S/c1-3-5-16-20-18-17(14(12-25-18)15-6-4-11-24-15)19(23)22(16)13-7-9-21(2)10-8-13/h4,6,11-13H,3,5,7-10H2,1-2H3. The Morgan fingerprint density at radius 2 is 2.16 bits per heavy atom. The number of rotatable bonds is 4. The van der Waals surface area contributed by atoms with Gasteiger partial charge in [0.1, 0.15) is 16.4 Å². The van der Waals surface area contributed by atoms with Gasteiger partial charge in [0.15, 0.2) is 0 Å². The number of aromatic nitrogens is 2. The van der Waals surface area contributed by atoms with Crippen LogP contribution in [0.25, 0.3) is 21.5 Å². The average Bonchev–Trinajstić information content (AvgIpc) is 3.26. The van der Waals surface area contributed by atoms with Crippen molar-refractivity contribution < 1.29 is 4.42 Å². The first kappa shape index (κ1) is 16.5. The molecule has 0 atom stereocenters. The molecule has 132 valence electrons. The number of likely N-dealkylation sites (tertiary alicyclic amines) is 1. The predicted molar refractivity (Wildman–Crippen MR) is 101 cm³/mol. The smallest absolute Gasteiger partial charge is 0.263 e. The van der Waals surface area contributed by atoms with E-state index in [1.165, 1.54) is 11.3 Å². The molecule has 1 aliphatic heterocycles. The van der Waals surface area contributed by atoms with Crippen molar-refractivity contribution in [2.75, 3.05) is 20.1 Å². The van der Waals surface area contributed by atoms with E-state index < -0.39 is 0 Å². The highest BCUT2D eigenvalue weighted by Crippen LogP contribution is 2.32. The lowest BCUT2D eigenvalue weighted by Gasteiger charge is -2.31. The van der Waals surface area contributed by atoms with E-state index >= 15 is 0 Å². The van der Waals surface area contributed by atoms with Gasteiger partial charge in [0.25, 0.3) is 5.56 Å². The molecule has 6 heteroatoms. The van der Waals surface area contributed by atoms with Crippen LogP contribution in [0.15, 0.2) is 33.0 Å². The lowest BCUT2D eigenvalue weighted by Crippen LogP contribution is -2.37. The SMILES string of the molecule is CCCc1nc2scc(-c3ccco3)c2c(=O)n1C1CCN(C)CC1. The molecule has 0 spiro atoms. The van der Waals surface area contributed by atoms with Crippen molar-refractivity contribution in [3.05, 3.63) is 40.0 Å². The Hall–Kier alpha value is -1.92. The second-order valence-electron chi connectivity index (χ2n) is 6.79. The van der Waals surface area contributed by atoms with Gasteiger partial charge < -0.3 is 9.32 Å². The zero-order chi connectivity index (χ0) is 17.4. The van der Waals surface area contributed by atoms with Crippen molar-refractivity contribution in [2.24, 2.45) is 0 Å². The Kier molecular flexibility index (Phi) is 4.48. The van der Waals surface area contributed by atoms with Gasteiger partial charge in [0, 0.05) is 23.4 Å².